The van der Waals surface area contributed by atoms with Crippen molar-refractivity contribution < 1.29 is 36.3 Å². The van der Waals surface area contributed by atoms with E-state index in [-0.39, 0.29) is 35.1 Å². The topological polar surface area (TPSA) is 116 Å². The average Bonchev–Trinajstić information content (AvgIpc) is 2.75. The number of carbonyl (C=O) groups is 2. The highest BCUT2D eigenvalue weighted by Crippen LogP contribution is 2.26. The van der Waals surface area contributed by atoms with E-state index in [1.807, 2.05) is 0 Å². The fourth-order valence-corrected chi connectivity index (χ4v) is 5.25. The first kappa shape index (κ1) is 27.8. The van der Waals surface area contributed by atoms with Gasteiger partial charge < -0.3 is 15.2 Å². The second-order valence-electron chi connectivity index (χ2n) is 6.79. The Kier molecular flexibility index (Phi) is 10.5. The van der Waals surface area contributed by atoms with Gasteiger partial charge in [0.1, 0.15) is 6.54 Å². The molecule has 0 spiro atoms. The van der Waals surface area contributed by atoms with Crippen molar-refractivity contribution in [2.24, 2.45) is 5.73 Å². The molecular weight excluding hydrogens is 514 g/mol. The monoisotopic (exact) mass is 536 g/mol. The highest BCUT2D eigenvalue weighted by molar-refractivity contribution is 7.98. The lowest BCUT2D eigenvalue weighted by Gasteiger charge is -2.21. The van der Waals surface area contributed by atoms with E-state index in [2.05, 4.69) is 0 Å². The molecule has 2 N–H and O–H groups in total. The number of carbonyl (C=O) groups excluding carboxylic acids is 2. The zero-order valence-electron chi connectivity index (χ0n) is 18.1. The van der Waals surface area contributed by atoms with E-state index >= 15 is 0 Å². The summed E-state index contributed by atoms with van der Waals surface area (Å²) in [6.45, 7) is 0.487. The van der Waals surface area contributed by atoms with Crippen LogP contribution in [0.5, 0.6) is 5.75 Å². The first-order valence-corrected chi connectivity index (χ1v) is 12.9. The Hall–Kier alpha value is -2.41. The lowest BCUT2D eigenvalue weighted by atomic mass is 10.2. The van der Waals surface area contributed by atoms with Gasteiger partial charge in [0.25, 0.3) is 5.91 Å². The molecule has 0 fully saturated rings. The Morgan fingerprint density at radius 1 is 1.15 bits per heavy atom. The van der Waals surface area contributed by atoms with Gasteiger partial charge in [0, 0.05) is 23.1 Å². The smallest absolute Gasteiger partial charge is 0.321 e. The van der Waals surface area contributed by atoms with Crippen molar-refractivity contribution in [1.82, 2.24) is 4.31 Å². The van der Waals surface area contributed by atoms with E-state index in [1.165, 1.54) is 36.0 Å². The minimum Gasteiger partial charge on any atom is -0.478 e. The van der Waals surface area contributed by atoms with E-state index in [0.29, 0.717) is 5.02 Å². The number of nitrogens with zero attached hydrogens (tertiary/aromatic N) is 1. The van der Waals surface area contributed by atoms with Crippen LogP contribution in [-0.2, 0) is 30.1 Å². The van der Waals surface area contributed by atoms with Crippen LogP contribution >= 0.6 is 23.4 Å². The normalized spacial score (nSPS) is 11.4. The lowest BCUT2D eigenvalue weighted by molar-refractivity contribution is -0.143. The molecule has 1 amide bonds. The van der Waals surface area contributed by atoms with Crippen molar-refractivity contribution in [3.05, 3.63) is 58.6 Å². The quantitative estimate of drug-likeness (QED) is 0.309. The summed E-state index contributed by atoms with van der Waals surface area (Å²) in [5, 5.41) is 0.358. The molecule has 0 bridgehead atoms. The number of nitrogens with two attached hydrogens (primary N) is 1. The number of rotatable bonds is 13. The molecule has 0 aromatic heterocycles. The molecule has 186 valence electrons. The minimum absolute atomic E-state index is 0.0399. The van der Waals surface area contributed by atoms with E-state index in [9.17, 15) is 26.8 Å². The summed E-state index contributed by atoms with van der Waals surface area (Å²) in [4.78, 5) is 22.7. The van der Waals surface area contributed by atoms with E-state index < -0.39 is 52.4 Å². The van der Waals surface area contributed by atoms with Gasteiger partial charge in [0.05, 0.1) is 11.5 Å². The van der Waals surface area contributed by atoms with Gasteiger partial charge in [0.2, 0.25) is 10.0 Å². The first-order chi connectivity index (χ1) is 16.0. The highest BCUT2D eigenvalue weighted by Gasteiger charge is 2.27. The molecule has 13 heteroatoms. The van der Waals surface area contributed by atoms with Gasteiger partial charge in [-0.05, 0) is 48.9 Å². The van der Waals surface area contributed by atoms with Gasteiger partial charge in [-0.1, -0.05) is 11.6 Å². The van der Waals surface area contributed by atoms with Crippen molar-refractivity contribution in [3.63, 3.8) is 0 Å². The first-order valence-electron chi connectivity index (χ1n) is 9.92. The SMILES string of the molecule is CCOC(=O)CN(CCSCc1cc(F)c(OCC(N)=O)c(F)c1)S(=O)(=O)c1ccc(Cl)cc1. The van der Waals surface area contributed by atoms with Crippen molar-refractivity contribution in [3.8, 4) is 5.75 Å². The molecule has 2 aromatic rings. The third kappa shape index (κ3) is 8.12. The Balaban J connectivity index is 2.06. The summed E-state index contributed by atoms with van der Waals surface area (Å²) in [5.41, 5.74) is 5.18. The van der Waals surface area contributed by atoms with E-state index in [0.717, 1.165) is 16.4 Å². The second kappa shape index (κ2) is 12.9. The maximum absolute atomic E-state index is 14.1. The van der Waals surface area contributed by atoms with Gasteiger partial charge in [-0.3, -0.25) is 9.59 Å². The fourth-order valence-electron chi connectivity index (χ4n) is 2.72. The molecule has 0 aliphatic heterocycles. The summed E-state index contributed by atoms with van der Waals surface area (Å²) in [7, 11) is -4.02. The van der Waals surface area contributed by atoms with Gasteiger partial charge >= 0.3 is 5.97 Å². The second-order valence-corrected chi connectivity index (χ2v) is 10.3. The number of ether oxygens (including phenoxy) is 2. The molecular formula is C21H23ClF2N2O6S2. The summed E-state index contributed by atoms with van der Waals surface area (Å²) in [5.74, 6) is -3.91. The number of thioether (sulfide) groups is 1. The van der Waals surface area contributed by atoms with Crippen molar-refractivity contribution in [2.45, 2.75) is 17.6 Å². The number of hydrogen-bond acceptors (Lipinski definition) is 7. The number of benzene rings is 2. The van der Waals surface area contributed by atoms with Gasteiger partial charge in [-0.2, -0.15) is 16.1 Å². The predicted molar refractivity (Wildman–Crippen MR) is 124 cm³/mol. The summed E-state index contributed by atoms with van der Waals surface area (Å²) in [6, 6.07) is 7.60. The number of esters is 1. The van der Waals surface area contributed by atoms with Crippen LogP contribution in [0.15, 0.2) is 41.3 Å². The molecule has 0 aliphatic rings. The molecule has 34 heavy (non-hydrogen) atoms. The Morgan fingerprint density at radius 2 is 1.76 bits per heavy atom. The van der Waals surface area contributed by atoms with Crippen LogP contribution in [0.25, 0.3) is 0 Å². The molecule has 0 heterocycles. The number of hydrogen-bond donors (Lipinski definition) is 1. The van der Waals surface area contributed by atoms with E-state index in [4.69, 9.17) is 26.8 Å². The van der Waals surface area contributed by atoms with Gasteiger partial charge in [-0.15, -0.1) is 0 Å². The molecule has 0 atom stereocenters. The highest BCUT2D eigenvalue weighted by atomic mass is 35.5. The summed E-state index contributed by atoms with van der Waals surface area (Å²) >= 11 is 7.03. The number of primary amides is 1. The van der Waals surface area contributed by atoms with Crippen LogP contribution in [0.2, 0.25) is 5.02 Å². The molecule has 2 aromatic carbocycles. The number of amides is 1. The maximum atomic E-state index is 14.1. The van der Waals surface area contributed by atoms with Gasteiger partial charge in [-0.25, -0.2) is 17.2 Å². The average molecular weight is 537 g/mol. The zero-order valence-corrected chi connectivity index (χ0v) is 20.5. The van der Waals surface area contributed by atoms with E-state index in [1.54, 1.807) is 6.92 Å². The Labute approximate surface area is 205 Å². The molecule has 8 nitrogen and oxygen atoms in total. The van der Waals surface area contributed by atoms with Crippen LogP contribution < -0.4 is 10.5 Å². The minimum atomic E-state index is -4.02. The molecule has 0 aliphatic carbocycles. The number of halogens is 3. The maximum Gasteiger partial charge on any atom is 0.321 e. The van der Waals surface area contributed by atoms with Gasteiger partial charge in [0.15, 0.2) is 24.0 Å². The largest absolute Gasteiger partial charge is 0.478 e. The lowest BCUT2D eigenvalue weighted by Crippen LogP contribution is -2.38. The summed E-state index contributed by atoms with van der Waals surface area (Å²) in [6.07, 6.45) is 0. The third-order valence-corrected chi connectivity index (χ3v) is 7.35. The summed E-state index contributed by atoms with van der Waals surface area (Å²) < 4.78 is 64.8. The van der Waals surface area contributed by atoms with Crippen LogP contribution in [-0.4, -0.2) is 56.7 Å². The zero-order chi connectivity index (χ0) is 25.3. The van der Waals surface area contributed by atoms with Crippen LogP contribution in [0.1, 0.15) is 12.5 Å². The van der Waals surface area contributed by atoms with Crippen molar-refractivity contribution >= 4 is 45.3 Å². The Morgan fingerprint density at radius 3 is 2.32 bits per heavy atom. The molecule has 2 rings (SSSR count). The van der Waals surface area contributed by atoms with Crippen LogP contribution in [0, 0.1) is 11.6 Å². The van der Waals surface area contributed by atoms with Crippen LogP contribution in [0.3, 0.4) is 0 Å². The number of sulfonamides is 1. The standard InChI is InChI=1S/C21H23ClF2N2O6S2/c1-2-31-20(28)11-26(34(29,30)16-5-3-15(22)4-6-16)7-8-33-13-14-9-17(23)21(18(24)10-14)32-12-19(25)27/h3-6,9-10H,2,7-8,11-13H2,1H3,(H2,25,27). The fraction of sp³-hybridized carbons (Fsp3) is 0.333. The molecule has 0 radical (unpaired) electrons. The molecule has 0 unspecified atom stereocenters. The third-order valence-electron chi connectivity index (χ3n) is 4.23. The molecule has 0 saturated heterocycles. The predicted octanol–water partition coefficient (Wildman–Crippen LogP) is 2.97. The molecule has 0 saturated carbocycles. The van der Waals surface area contributed by atoms with Crippen molar-refractivity contribution in [2.75, 3.05) is 32.1 Å². The Bertz CT molecular complexity index is 1090. The van der Waals surface area contributed by atoms with Crippen molar-refractivity contribution in [1.29, 1.82) is 0 Å². The van der Waals surface area contributed by atoms with Crippen LogP contribution in [0.4, 0.5) is 8.78 Å².